The van der Waals surface area contributed by atoms with Crippen LogP contribution in [-0.2, 0) is 9.59 Å². The zero-order valence-electron chi connectivity index (χ0n) is 9.26. The molecule has 19 heavy (non-hydrogen) atoms. The smallest absolute Gasteiger partial charge is 0.326 e. The lowest BCUT2D eigenvalue weighted by atomic mass is 10.2. The third kappa shape index (κ3) is 4.49. The van der Waals surface area contributed by atoms with Gasteiger partial charge in [0.25, 0.3) is 5.91 Å². The lowest BCUT2D eigenvalue weighted by Crippen LogP contribution is -2.42. The molecule has 0 saturated heterocycles. The minimum absolute atomic E-state index is 0.0484. The third-order valence-electron chi connectivity index (χ3n) is 2.03. The number of carbonyl (C=O) groups excluding carboxylic acids is 1. The van der Waals surface area contributed by atoms with Gasteiger partial charge in [-0.2, -0.15) is 0 Å². The predicted molar refractivity (Wildman–Crippen MR) is 68.1 cm³/mol. The summed E-state index contributed by atoms with van der Waals surface area (Å²) >= 11 is 8.79. The van der Waals surface area contributed by atoms with E-state index >= 15 is 0 Å². The van der Waals surface area contributed by atoms with Gasteiger partial charge in [-0.25, -0.2) is 9.78 Å². The monoisotopic (exact) mass is 350 g/mol. The third-order valence-corrected chi connectivity index (χ3v) is 2.77. The summed E-state index contributed by atoms with van der Waals surface area (Å²) in [6.07, 6.45) is 0.630. The number of carboxylic acid groups (broad SMARTS) is 2. The fourth-order valence-electron chi connectivity index (χ4n) is 1.19. The maximum Gasteiger partial charge on any atom is 0.326 e. The van der Waals surface area contributed by atoms with Crippen LogP contribution in [-0.4, -0.2) is 39.1 Å². The molecule has 1 aromatic rings. The molecule has 0 aromatic carbocycles. The van der Waals surface area contributed by atoms with Crippen LogP contribution in [0.4, 0.5) is 0 Å². The zero-order valence-corrected chi connectivity index (χ0v) is 11.6. The molecule has 1 rings (SSSR count). The minimum atomic E-state index is -1.54. The van der Waals surface area contributed by atoms with Crippen molar-refractivity contribution in [2.75, 3.05) is 0 Å². The van der Waals surface area contributed by atoms with E-state index in [2.05, 4.69) is 26.2 Å². The first-order chi connectivity index (χ1) is 8.81. The maximum absolute atomic E-state index is 11.8. The Kier molecular flexibility index (Phi) is 5.25. The molecule has 7 nitrogen and oxygen atoms in total. The highest BCUT2D eigenvalue weighted by molar-refractivity contribution is 9.10. The Labute approximate surface area is 120 Å². The Balaban J connectivity index is 2.90. The molecule has 9 heteroatoms. The van der Waals surface area contributed by atoms with E-state index in [9.17, 15) is 14.4 Å². The van der Waals surface area contributed by atoms with Crippen molar-refractivity contribution in [2.24, 2.45) is 0 Å². The second-order valence-electron chi connectivity index (χ2n) is 3.45. The summed E-state index contributed by atoms with van der Waals surface area (Å²) in [5.41, 5.74) is -0.0484. The van der Waals surface area contributed by atoms with Gasteiger partial charge in [-0.3, -0.25) is 9.59 Å². The van der Waals surface area contributed by atoms with Crippen molar-refractivity contribution < 1.29 is 24.6 Å². The van der Waals surface area contributed by atoms with Gasteiger partial charge in [0.05, 0.1) is 12.0 Å². The second kappa shape index (κ2) is 6.48. The topological polar surface area (TPSA) is 117 Å². The van der Waals surface area contributed by atoms with Gasteiger partial charge in [-0.15, -0.1) is 0 Å². The van der Waals surface area contributed by atoms with Crippen LogP contribution in [0.15, 0.2) is 16.7 Å². The van der Waals surface area contributed by atoms with E-state index in [0.717, 1.165) is 0 Å². The summed E-state index contributed by atoms with van der Waals surface area (Å²) in [4.78, 5) is 36.8. The maximum atomic E-state index is 11.8. The van der Waals surface area contributed by atoms with E-state index in [0.29, 0.717) is 4.47 Å². The number of halogens is 2. The van der Waals surface area contributed by atoms with Crippen LogP contribution in [0, 0.1) is 0 Å². The van der Waals surface area contributed by atoms with Crippen LogP contribution in [0.1, 0.15) is 16.8 Å². The summed E-state index contributed by atoms with van der Waals surface area (Å²) in [7, 11) is 0. The first-order valence-corrected chi connectivity index (χ1v) is 6.05. The van der Waals surface area contributed by atoms with Crippen LogP contribution in [0.3, 0.4) is 0 Å². The van der Waals surface area contributed by atoms with Crippen molar-refractivity contribution in [1.82, 2.24) is 10.3 Å². The van der Waals surface area contributed by atoms with Gasteiger partial charge in [-0.05, 0) is 22.0 Å². The highest BCUT2D eigenvalue weighted by Crippen LogP contribution is 2.18. The van der Waals surface area contributed by atoms with Gasteiger partial charge in [0.2, 0.25) is 0 Å². The molecule has 3 N–H and O–H groups in total. The molecule has 1 atom stereocenters. The number of nitrogens with zero attached hydrogens (tertiary/aromatic N) is 1. The lowest BCUT2D eigenvalue weighted by Gasteiger charge is -2.12. The number of aliphatic carboxylic acids is 2. The summed E-state index contributed by atoms with van der Waals surface area (Å²) < 4.78 is 0.479. The number of pyridine rings is 1. The van der Waals surface area contributed by atoms with Crippen molar-refractivity contribution in [1.29, 1.82) is 0 Å². The molecular weight excluding hydrogens is 343 g/mol. The number of hydrogen-bond donors (Lipinski definition) is 3. The first-order valence-electron chi connectivity index (χ1n) is 4.87. The van der Waals surface area contributed by atoms with Gasteiger partial charge in [0, 0.05) is 10.7 Å². The number of carboxylic acids is 2. The van der Waals surface area contributed by atoms with E-state index in [1.807, 2.05) is 0 Å². The molecule has 1 aromatic heterocycles. The fraction of sp³-hybridized carbons (Fsp3) is 0.200. The van der Waals surface area contributed by atoms with Crippen molar-refractivity contribution in [3.63, 3.8) is 0 Å². The zero-order chi connectivity index (χ0) is 14.6. The fourth-order valence-corrected chi connectivity index (χ4v) is 1.71. The standard InChI is InChI=1S/C10H8BrClN2O5/c11-4-1-5(8(12)13-3-4)9(17)14-6(10(18)19)2-7(15)16/h1,3,6H,2H2,(H,14,17)(H,15,16)(H,18,19)/t6-/m1/s1. The van der Waals surface area contributed by atoms with Gasteiger partial charge in [0.15, 0.2) is 0 Å². The average Bonchev–Trinajstić information content (AvgIpc) is 2.30. The largest absolute Gasteiger partial charge is 0.481 e. The number of aromatic nitrogens is 1. The molecular formula is C10H8BrClN2O5. The van der Waals surface area contributed by atoms with Crippen molar-refractivity contribution >= 4 is 45.4 Å². The molecule has 0 unspecified atom stereocenters. The quantitative estimate of drug-likeness (QED) is 0.685. The average molecular weight is 352 g/mol. The summed E-state index contributed by atoms with van der Waals surface area (Å²) in [5, 5.41) is 19.3. The van der Waals surface area contributed by atoms with Crippen LogP contribution in [0.5, 0.6) is 0 Å². The summed E-state index contributed by atoms with van der Waals surface area (Å²) in [6.45, 7) is 0. The number of carbonyl (C=O) groups is 3. The molecule has 0 spiro atoms. The normalized spacial score (nSPS) is 11.7. The Morgan fingerprint density at radius 2 is 2.05 bits per heavy atom. The molecule has 0 saturated carbocycles. The second-order valence-corrected chi connectivity index (χ2v) is 4.73. The number of amides is 1. The van der Waals surface area contributed by atoms with Crippen molar-refractivity contribution in [3.05, 3.63) is 27.5 Å². The van der Waals surface area contributed by atoms with Gasteiger partial charge < -0.3 is 15.5 Å². The van der Waals surface area contributed by atoms with Gasteiger partial charge in [0.1, 0.15) is 11.2 Å². The Hall–Kier alpha value is -1.67. The van der Waals surface area contributed by atoms with Crippen LogP contribution in [0.25, 0.3) is 0 Å². The minimum Gasteiger partial charge on any atom is -0.481 e. The molecule has 0 radical (unpaired) electrons. The molecule has 0 aliphatic heterocycles. The van der Waals surface area contributed by atoms with E-state index < -0.39 is 30.3 Å². The van der Waals surface area contributed by atoms with E-state index in [-0.39, 0.29) is 10.7 Å². The highest BCUT2D eigenvalue weighted by Gasteiger charge is 2.24. The van der Waals surface area contributed by atoms with E-state index in [1.165, 1.54) is 12.3 Å². The number of rotatable bonds is 5. The van der Waals surface area contributed by atoms with E-state index in [4.69, 9.17) is 21.8 Å². The SMILES string of the molecule is O=C(O)C[C@@H](NC(=O)c1cc(Br)cnc1Cl)C(=O)O. The van der Waals surface area contributed by atoms with Crippen molar-refractivity contribution in [3.8, 4) is 0 Å². The van der Waals surface area contributed by atoms with Crippen molar-refractivity contribution in [2.45, 2.75) is 12.5 Å². The predicted octanol–water partition coefficient (Wildman–Crippen LogP) is 1.16. The Morgan fingerprint density at radius 3 is 2.58 bits per heavy atom. The molecule has 1 heterocycles. The summed E-state index contributed by atoms with van der Waals surface area (Å²) in [6, 6.07) is -0.190. The lowest BCUT2D eigenvalue weighted by molar-refractivity contribution is -0.145. The molecule has 1 amide bonds. The van der Waals surface area contributed by atoms with E-state index in [1.54, 1.807) is 0 Å². The van der Waals surface area contributed by atoms with Gasteiger partial charge in [-0.1, -0.05) is 11.6 Å². The molecule has 0 aliphatic rings. The van der Waals surface area contributed by atoms with Crippen LogP contribution >= 0.6 is 27.5 Å². The number of hydrogen-bond acceptors (Lipinski definition) is 4. The molecule has 102 valence electrons. The molecule has 0 fully saturated rings. The van der Waals surface area contributed by atoms with Gasteiger partial charge >= 0.3 is 11.9 Å². The Bertz CT molecular complexity index is 537. The Morgan fingerprint density at radius 1 is 1.42 bits per heavy atom. The first kappa shape index (κ1) is 15.4. The highest BCUT2D eigenvalue weighted by atomic mass is 79.9. The molecule has 0 aliphatic carbocycles. The number of nitrogens with one attached hydrogen (secondary N) is 1. The summed E-state index contributed by atoms with van der Waals surface area (Å²) in [5.74, 6) is -3.60. The molecule has 0 bridgehead atoms. The van der Waals surface area contributed by atoms with Crippen LogP contribution < -0.4 is 5.32 Å². The van der Waals surface area contributed by atoms with Crippen LogP contribution in [0.2, 0.25) is 5.15 Å².